The van der Waals surface area contributed by atoms with Crippen molar-refractivity contribution < 1.29 is 9.53 Å². The molecule has 1 heterocycles. The Morgan fingerprint density at radius 3 is 2.72 bits per heavy atom. The summed E-state index contributed by atoms with van der Waals surface area (Å²) in [5, 5.41) is 5.84. The summed E-state index contributed by atoms with van der Waals surface area (Å²) in [4.78, 5) is 16.2. The molecule has 1 aromatic rings. The standard InChI is InChI=1S/C13H21N3O2/c1-9(2)11(8-18-4)16-13(17)10-6-5-7-12(14-3)15-10/h5-7,9,11H,8H2,1-4H3,(H,14,15)(H,16,17). The number of rotatable bonds is 6. The molecular formula is C13H21N3O2. The van der Waals surface area contributed by atoms with Crippen LogP contribution < -0.4 is 10.6 Å². The molecule has 1 aromatic heterocycles. The second-order valence-electron chi connectivity index (χ2n) is 4.44. The maximum absolute atomic E-state index is 12.0. The number of aromatic nitrogens is 1. The van der Waals surface area contributed by atoms with Crippen LogP contribution in [0.1, 0.15) is 24.3 Å². The second-order valence-corrected chi connectivity index (χ2v) is 4.44. The van der Waals surface area contributed by atoms with Gasteiger partial charge in [-0.15, -0.1) is 0 Å². The molecule has 5 heteroatoms. The molecule has 100 valence electrons. The van der Waals surface area contributed by atoms with Gasteiger partial charge in [0.05, 0.1) is 12.6 Å². The van der Waals surface area contributed by atoms with E-state index < -0.39 is 0 Å². The van der Waals surface area contributed by atoms with Gasteiger partial charge in [-0.05, 0) is 18.1 Å². The summed E-state index contributed by atoms with van der Waals surface area (Å²) < 4.78 is 5.10. The normalized spacial score (nSPS) is 12.3. The predicted molar refractivity (Wildman–Crippen MR) is 71.8 cm³/mol. The molecule has 1 unspecified atom stereocenters. The smallest absolute Gasteiger partial charge is 0.270 e. The van der Waals surface area contributed by atoms with E-state index in [1.54, 1.807) is 26.3 Å². The highest BCUT2D eigenvalue weighted by atomic mass is 16.5. The summed E-state index contributed by atoms with van der Waals surface area (Å²) in [6.07, 6.45) is 0. The highest BCUT2D eigenvalue weighted by Crippen LogP contribution is 2.06. The third kappa shape index (κ3) is 4.00. The summed E-state index contributed by atoms with van der Waals surface area (Å²) in [5.41, 5.74) is 0.406. The number of pyridine rings is 1. The van der Waals surface area contributed by atoms with E-state index in [1.807, 2.05) is 19.9 Å². The van der Waals surface area contributed by atoms with Gasteiger partial charge in [0, 0.05) is 14.2 Å². The first kappa shape index (κ1) is 14.4. The molecule has 18 heavy (non-hydrogen) atoms. The molecule has 5 nitrogen and oxygen atoms in total. The van der Waals surface area contributed by atoms with E-state index in [-0.39, 0.29) is 11.9 Å². The van der Waals surface area contributed by atoms with E-state index >= 15 is 0 Å². The molecule has 0 aliphatic heterocycles. The molecule has 1 rings (SSSR count). The molecule has 0 radical (unpaired) electrons. The van der Waals surface area contributed by atoms with Gasteiger partial charge in [-0.1, -0.05) is 19.9 Å². The minimum atomic E-state index is -0.178. The Kier molecular flexibility index (Phi) is 5.58. The average Bonchev–Trinajstić information content (AvgIpc) is 2.38. The molecule has 2 N–H and O–H groups in total. The van der Waals surface area contributed by atoms with Crippen LogP contribution in [0, 0.1) is 5.92 Å². The number of carbonyl (C=O) groups excluding carboxylic acids is 1. The molecule has 0 fully saturated rings. The zero-order chi connectivity index (χ0) is 13.5. The van der Waals surface area contributed by atoms with Gasteiger partial charge in [-0.25, -0.2) is 4.98 Å². The molecule has 0 aliphatic rings. The first-order chi connectivity index (χ1) is 8.58. The fourth-order valence-electron chi connectivity index (χ4n) is 1.52. The summed E-state index contributed by atoms with van der Waals surface area (Å²) in [6, 6.07) is 5.29. The zero-order valence-corrected chi connectivity index (χ0v) is 11.4. The summed E-state index contributed by atoms with van der Waals surface area (Å²) in [6.45, 7) is 4.58. The van der Waals surface area contributed by atoms with Crippen LogP contribution in [0.25, 0.3) is 0 Å². The fraction of sp³-hybridized carbons (Fsp3) is 0.538. The maximum Gasteiger partial charge on any atom is 0.270 e. The van der Waals surface area contributed by atoms with Crippen molar-refractivity contribution in [1.82, 2.24) is 10.3 Å². The number of amides is 1. The molecule has 1 atom stereocenters. The van der Waals surface area contributed by atoms with Crippen LogP contribution in [-0.4, -0.2) is 37.7 Å². The van der Waals surface area contributed by atoms with Crippen molar-refractivity contribution in [3.63, 3.8) is 0 Å². The quantitative estimate of drug-likeness (QED) is 0.804. The number of hydrogen-bond acceptors (Lipinski definition) is 4. The summed E-state index contributed by atoms with van der Waals surface area (Å²) in [7, 11) is 3.40. The largest absolute Gasteiger partial charge is 0.383 e. The van der Waals surface area contributed by atoms with Crippen LogP contribution in [0.4, 0.5) is 5.82 Å². The fourth-order valence-corrected chi connectivity index (χ4v) is 1.52. The average molecular weight is 251 g/mol. The first-order valence-electron chi connectivity index (χ1n) is 6.03. The Morgan fingerprint density at radius 2 is 2.17 bits per heavy atom. The summed E-state index contributed by atoms with van der Waals surface area (Å²) in [5.74, 6) is 0.805. The topological polar surface area (TPSA) is 63.2 Å². The molecule has 0 saturated heterocycles. The molecule has 0 saturated carbocycles. The van der Waals surface area contributed by atoms with Gasteiger partial charge in [0.1, 0.15) is 11.5 Å². The van der Waals surface area contributed by atoms with Gasteiger partial charge >= 0.3 is 0 Å². The lowest BCUT2D eigenvalue weighted by molar-refractivity contribution is 0.0862. The molecule has 0 aromatic carbocycles. The van der Waals surface area contributed by atoms with E-state index in [0.29, 0.717) is 24.0 Å². The van der Waals surface area contributed by atoms with Gasteiger partial charge in [-0.3, -0.25) is 4.79 Å². The van der Waals surface area contributed by atoms with Crippen LogP contribution in [0.3, 0.4) is 0 Å². The molecule has 0 spiro atoms. The number of anilines is 1. The Hall–Kier alpha value is -1.62. The monoisotopic (exact) mass is 251 g/mol. The maximum atomic E-state index is 12.0. The third-order valence-electron chi connectivity index (χ3n) is 2.71. The molecular weight excluding hydrogens is 230 g/mol. The van der Waals surface area contributed by atoms with E-state index in [2.05, 4.69) is 15.6 Å². The third-order valence-corrected chi connectivity index (χ3v) is 2.71. The predicted octanol–water partition coefficient (Wildman–Crippen LogP) is 1.52. The Bertz CT molecular complexity index is 394. The van der Waals surface area contributed by atoms with E-state index in [1.165, 1.54) is 0 Å². The van der Waals surface area contributed by atoms with E-state index in [9.17, 15) is 4.79 Å². The number of methoxy groups -OCH3 is 1. The van der Waals surface area contributed by atoms with Crippen LogP contribution in [-0.2, 0) is 4.74 Å². The van der Waals surface area contributed by atoms with Crippen LogP contribution in [0.15, 0.2) is 18.2 Å². The van der Waals surface area contributed by atoms with Gasteiger partial charge in [0.2, 0.25) is 0 Å². The minimum absolute atomic E-state index is 0.0115. The van der Waals surface area contributed by atoms with E-state index in [4.69, 9.17) is 4.74 Å². The van der Waals surface area contributed by atoms with Gasteiger partial charge in [-0.2, -0.15) is 0 Å². The number of nitrogens with one attached hydrogen (secondary N) is 2. The summed E-state index contributed by atoms with van der Waals surface area (Å²) >= 11 is 0. The van der Waals surface area contributed by atoms with Crippen molar-refractivity contribution in [2.24, 2.45) is 5.92 Å². The van der Waals surface area contributed by atoms with Crippen molar-refractivity contribution >= 4 is 11.7 Å². The van der Waals surface area contributed by atoms with Crippen molar-refractivity contribution in [3.8, 4) is 0 Å². The van der Waals surface area contributed by atoms with Crippen molar-refractivity contribution in [2.45, 2.75) is 19.9 Å². The van der Waals surface area contributed by atoms with Gasteiger partial charge in [0.25, 0.3) is 5.91 Å². The van der Waals surface area contributed by atoms with Gasteiger partial charge < -0.3 is 15.4 Å². The minimum Gasteiger partial charge on any atom is -0.383 e. The Balaban J connectivity index is 2.73. The number of nitrogens with zero attached hydrogens (tertiary/aromatic N) is 1. The van der Waals surface area contributed by atoms with Crippen molar-refractivity contribution in [3.05, 3.63) is 23.9 Å². The second kappa shape index (κ2) is 6.96. The van der Waals surface area contributed by atoms with E-state index in [0.717, 1.165) is 0 Å². The Labute approximate surface area is 108 Å². The zero-order valence-electron chi connectivity index (χ0n) is 11.4. The molecule has 0 bridgehead atoms. The lowest BCUT2D eigenvalue weighted by Gasteiger charge is -2.21. The number of ether oxygens (including phenoxy) is 1. The molecule has 1 amide bonds. The van der Waals surface area contributed by atoms with Crippen molar-refractivity contribution in [1.29, 1.82) is 0 Å². The van der Waals surface area contributed by atoms with Crippen LogP contribution in [0.2, 0.25) is 0 Å². The Morgan fingerprint density at radius 1 is 1.44 bits per heavy atom. The van der Waals surface area contributed by atoms with Crippen LogP contribution in [0.5, 0.6) is 0 Å². The highest BCUT2D eigenvalue weighted by molar-refractivity contribution is 5.92. The first-order valence-corrected chi connectivity index (χ1v) is 6.03. The SMILES string of the molecule is CNc1cccc(C(=O)NC(COC)C(C)C)n1. The number of carbonyl (C=O) groups is 1. The van der Waals surface area contributed by atoms with Gasteiger partial charge in [0.15, 0.2) is 0 Å². The highest BCUT2D eigenvalue weighted by Gasteiger charge is 2.17. The van der Waals surface area contributed by atoms with Crippen molar-refractivity contribution in [2.75, 3.05) is 26.1 Å². The lowest BCUT2D eigenvalue weighted by atomic mass is 10.1. The van der Waals surface area contributed by atoms with Crippen LogP contribution >= 0.6 is 0 Å². The molecule has 0 aliphatic carbocycles. The number of hydrogen-bond donors (Lipinski definition) is 2. The lowest BCUT2D eigenvalue weighted by Crippen LogP contribution is -2.41.